The van der Waals surface area contributed by atoms with Gasteiger partial charge in [-0.1, -0.05) is 6.07 Å². The molecule has 1 aromatic rings. The number of aromatic nitrogens is 1. The molecule has 0 bridgehead atoms. The van der Waals surface area contributed by atoms with E-state index >= 15 is 0 Å². The first-order chi connectivity index (χ1) is 8.58. The predicted molar refractivity (Wildman–Crippen MR) is 62.8 cm³/mol. The molecule has 1 aromatic heterocycles. The molecule has 18 heavy (non-hydrogen) atoms. The average molecular weight is 250 g/mol. The normalized spacial score (nSPS) is 16.6. The monoisotopic (exact) mass is 250 g/mol. The Balaban J connectivity index is 2.07. The first-order valence-electron chi connectivity index (χ1n) is 5.76. The van der Waals surface area contributed by atoms with Crippen LogP contribution in [0.2, 0.25) is 0 Å². The fourth-order valence-electron chi connectivity index (χ4n) is 2.16. The number of hydrogen-bond donors (Lipinski definition) is 2. The number of carboxylic acid groups (broad SMARTS) is 2. The minimum absolute atomic E-state index is 0.0353. The molecular formula is C12H14N2O4. The molecule has 1 amide bonds. The van der Waals surface area contributed by atoms with Crippen LogP contribution in [0, 0.1) is 0 Å². The van der Waals surface area contributed by atoms with Crippen LogP contribution in [0.25, 0.3) is 0 Å². The molecule has 1 saturated heterocycles. The molecule has 1 aliphatic heterocycles. The van der Waals surface area contributed by atoms with Crippen LogP contribution >= 0.6 is 0 Å². The van der Waals surface area contributed by atoms with Crippen molar-refractivity contribution < 1.29 is 19.8 Å². The number of hydrogen-bond acceptors (Lipinski definition) is 3. The Morgan fingerprint density at radius 3 is 2.44 bits per heavy atom. The smallest absolute Gasteiger partial charge is 0.407 e. The van der Waals surface area contributed by atoms with Gasteiger partial charge in [0.15, 0.2) is 0 Å². The zero-order valence-electron chi connectivity index (χ0n) is 9.74. The first kappa shape index (κ1) is 12.3. The van der Waals surface area contributed by atoms with Crippen LogP contribution in [0.3, 0.4) is 0 Å². The molecule has 0 atom stereocenters. The van der Waals surface area contributed by atoms with E-state index in [-0.39, 0.29) is 11.6 Å². The summed E-state index contributed by atoms with van der Waals surface area (Å²) in [5, 5.41) is 17.7. The molecule has 0 aromatic carbocycles. The van der Waals surface area contributed by atoms with Crippen LogP contribution < -0.4 is 0 Å². The van der Waals surface area contributed by atoms with Crippen molar-refractivity contribution in [3.05, 3.63) is 29.6 Å². The molecule has 6 nitrogen and oxygen atoms in total. The van der Waals surface area contributed by atoms with Gasteiger partial charge in [0.05, 0.1) is 0 Å². The topological polar surface area (TPSA) is 90.7 Å². The molecule has 0 aliphatic carbocycles. The minimum Gasteiger partial charge on any atom is -0.477 e. The van der Waals surface area contributed by atoms with Crippen LogP contribution in [0.1, 0.15) is 34.9 Å². The summed E-state index contributed by atoms with van der Waals surface area (Å²) in [6.45, 7) is 0.942. The van der Waals surface area contributed by atoms with Gasteiger partial charge in [-0.05, 0) is 25.0 Å². The highest BCUT2D eigenvalue weighted by Crippen LogP contribution is 2.26. The Labute approximate surface area is 104 Å². The van der Waals surface area contributed by atoms with Crippen molar-refractivity contribution in [1.29, 1.82) is 0 Å². The summed E-state index contributed by atoms with van der Waals surface area (Å²) in [5.74, 6) is -0.903. The van der Waals surface area contributed by atoms with E-state index in [1.165, 1.54) is 11.0 Å². The molecule has 0 unspecified atom stereocenters. The van der Waals surface area contributed by atoms with Crippen molar-refractivity contribution in [3.8, 4) is 0 Å². The van der Waals surface area contributed by atoms with E-state index in [1.54, 1.807) is 12.1 Å². The predicted octanol–water partition coefficient (Wildman–Crippen LogP) is 1.64. The van der Waals surface area contributed by atoms with E-state index in [2.05, 4.69) is 4.98 Å². The van der Waals surface area contributed by atoms with Crippen LogP contribution in [0.5, 0.6) is 0 Å². The molecule has 96 valence electrons. The van der Waals surface area contributed by atoms with Gasteiger partial charge in [-0.15, -0.1) is 0 Å². The number of rotatable bonds is 2. The van der Waals surface area contributed by atoms with Gasteiger partial charge in [-0.3, -0.25) is 0 Å². The quantitative estimate of drug-likeness (QED) is 0.832. The lowest BCUT2D eigenvalue weighted by Gasteiger charge is -2.29. The van der Waals surface area contributed by atoms with Crippen LogP contribution in [0.15, 0.2) is 18.2 Å². The Kier molecular flexibility index (Phi) is 3.45. The van der Waals surface area contributed by atoms with Crippen molar-refractivity contribution >= 4 is 12.1 Å². The van der Waals surface area contributed by atoms with Gasteiger partial charge >= 0.3 is 12.1 Å². The van der Waals surface area contributed by atoms with Crippen molar-refractivity contribution in [1.82, 2.24) is 9.88 Å². The van der Waals surface area contributed by atoms with E-state index in [0.717, 1.165) is 5.69 Å². The van der Waals surface area contributed by atoms with E-state index in [9.17, 15) is 9.59 Å². The zero-order chi connectivity index (χ0) is 13.1. The maximum absolute atomic E-state index is 10.8. The molecule has 1 aliphatic rings. The highest BCUT2D eigenvalue weighted by Gasteiger charge is 2.24. The summed E-state index contributed by atoms with van der Waals surface area (Å²) in [4.78, 5) is 27.1. The molecular weight excluding hydrogens is 236 g/mol. The number of likely N-dealkylation sites (tertiary alicyclic amines) is 1. The van der Waals surface area contributed by atoms with E-state index in [1.807, 2.05) is 0 Å². The molecule has 2 rings (SSSR count). The lowest BCUT2D eigenvalue weighted by atomic mass is 9.93. The second kappa shape index (κ2) is 5.03. The van der Waals surface area contributed by atoms with Gasteiger partial charge in [0.2, 0.25) is 0 Å². The second-order valence-corrected chi connectivity index (χ2v) is 4.30. The van der Waals surface area contributed by atoms with E-state index < -0.39 is 12.1 Å². The van der Waals surface area contributed by atoms with Crippen molar-refractivity contribution in [2.75, 3.05) is 13.1 Å². The Hall–Kier alpha value is -2.11. The first-order valence-corrected chi connectivity index (χ1v) is 5.76. The molecule has 6 heteroatoms. The number of pyridine rings is 1. The third kappa shape index (κ3) is 2.58. The van der Waals surface area contributed by atoms with E-state index in [0.29, 0.717) is 25.9 Å². The highest BCUT2D eigenvalue weighted by molar-refractivity contribution is 5.85. The second-order valence-electron chi connectivity index (χ2n) is 4.30. The van der Waals surface area contributed by atoms with Gasteiger partial charge in [-0.25, -0.2) is 14.6 Å². The fraction of sp³-hybridized carbons (Fsp3) is 0.417. The maximum Gasteiger partial charge on any atom is 0.407 e. The largest absolute Gasteiger partial charge is 0.477 e. The third-order valence-corrected chi connectivity index (χ3v) is 3.17. The Morgan fingerprint density at radius 1 is 1.22 bits per heavy atom. The van der Waals surface area contributed by atoms with Crippen LogP contribution in [-0.4, -0.2) is 45.2 Å². The number of nitrogens with zero attached hydrogens (tertiary/aromatic N) is 2. The van der Waals surface area contributed by atoms with Gasteiger partial charge in [0, 0.05) is 24.7 Å². The SMILES string of the molecule is O=C(O)c1cccc(C2CCN(C(=O)O)CC2)n1. The van der Waals surface area contributed by atoms with E-state index in [4.69, 9.17) is 10.2 Å². The van der Waals surface area contributed by atoms with Crippen molar-refractivity contribution in [3.63, 3.8) is 0 Å². The summed E-state index contributed by atoms with van der Waals surface area (Å²) in [5.41, 5.74) is 0.771. The third-order valence-electron chi connectivity index (χ3n) is 3.17. The van der Waals surface area contributed by atoms with Crippen molar-refractivity contribution in [2.45, 2.75) is 18.8 Å². The molecule has 0 spiro atoms. The summed E-state index contributed by atoms with van der Waals surface area (Å²) in [7, 11) is 0. The average Bonchev–Trinajstić information content (AvgIpc) is 2.39. The van der Waals surface area contributed by atoms with Gasteiger partial charge in [-0.2, -0.15) is 0 Å². The molecule has 0 radical (unpaired) electrons. The summed E-state index contributed by atoms with van der Waals surface area (Å²) >= 11 is 0. The number of carbonyl (C=O) groups is 2. The fourth-order valence-corrected chi connectivity index (χ4v) is 2.16. The number of piperidine rings is 1. The standard InChI is InChI=1S/C12H14N2O4/c15-11(16)10-3-1-2-9(13-10)8-4-6-14(7-5-8)12(17)18/h1-3,8H,4-7H2,(H,15,16)(H,17,18). The van der Waals surface area contributed by atoms with Gasteiger partial charge in [0.25, 0.3) is 0 Å². The number of carboxylic acids is 1. The van der Waals surface area contributed by atoms with Crippen LogP contribution in [-0.2, 0) is 0 Å². The zero-order valence-corrected chi connectivity index (χ0v) is 9.74. The molecule has 0 saturated carbocycles. The Morgan fingerprint density at radius 2 is 1.89 bits per heavy atom. The lowest BCUT2D eigenvalue weighted by molar-refractivity contribution is 0.0690. The molecule has 1 fully saturated rings. The summed E-state index contributed by atoms with van der Waals surface area (Å²) in [6.07, 6.45) is 0.464. The van der Waals surface area contributed by atoms with Crippen molar-refractivity contribution in [2.24, 2.45) is 0 Å². The Bertz CT molecular complexity index is 467. The summed E-state index contributed by atoms with van der Waals surface area (Å²) in [6, 6.07) is 4.93. The highest BCUT2D eigenvalue weighted by atomic mass is 16.4. The van der Waals surface area contributed by atoms with Gasteiger partial charge in [0.1, 0.15) is 5.69 Å². The van der Waals surface area contributed by atoms with Crippen LogP contribution in [0.4, 0.5) is 4.79 Å². The minimum atomic E-state index is -1.04. The lowest BCUT2D eigenvalue weighted by Crippen LogP contribution is -2.37. The number of aromatic carboxylic acids is 1. The molecule has 2 N–H and O–H groups in total. The summed E-state index contributed by atoms with van der Waals surface area (Å²) < 4.78 is 0. The van der Waals surface area contributed by atoms with Gasteiger partial charge < -0.3 is 15.1 Å². The number of amides is 1. The molecule has 2 heterocycles. The maximum atomic E-state index is 10.8.